The third kappa shape index (κ3) is 4.60. The maximum absolute atomic E-state index is 13.5. The molecule has 6 rings (SSSR count). The highest BCUT2D eigenvalue weighted by molar-refractivity contribution is 6.30. The van der Waals surface area contributed by atoms with Crippen LogP contribution in [0.15, 0.2) is 47.5 Å². The summed E-state index contributed by atoms with van der Waals surface area (Å²) in [6.45, 7) is -0.00987. The van der Waals surface area contributed by atoms with Gasteiger partial charge in [-0.05, 0) is 49.9 Å². The molecule has 0 spiro atoms. The summed E-state index contributed by atoms with van der Waals surface area (Å²) < 4.78 is 34.2. The molecule has 1 heterocycles. The molecule has 0 radical (unpaired) electrons. The van der Waals surface area contributed by atoms with Crippen LogP contribution in [0.4, 0.5) is 8.78 Å². The zero-order valence-electron chi connectivity index (χ0n) is 19.0. The van der Waals surface area contributed by atoms with Crippen LogP contribution in [0.25, 0.3) is 11.0 Å². The molecule has 3 aliphatic rings. The molecule has 0 saturated heterocycles. The van der Waals surface area contributed by atoms with E-state index >= 15 is 0 Å². The fourth-order valence-corrected chi connectivity index (χ4v) is 4.93. The predicted octanol–water partition coefficient (Wildman–Crippen LogP) is 3.94. The molecule has 1 fully saturated rings. The molecule has 35 heavy (non-hydrogen) atoms. The number of hydrogen-bond donors (Lipinski definition) is 2. The number of nitrogens with zero attached hydrogens (tertiary/aromatic N) is 2. The van der Waals surface area contributed by atoms with Crippen LogP contribution in [0, 0.1) is 11.6 Å². The van der Waals surface area contributed by atoms with Crippen LogP contribution in [-0.2, 0) is 23.2 Å². The standard InChI is InChI=1S/C25H23ClF2N4O3/c1-32-21-5-2-15(27)8-20(21)30-22(32)12-29-24(34)17-6-7-25(10-14(17)11-25)31-23(33)13-35-16-3-4-18(26)19(28)9-16/h2-5,8-9H,6-7,10-13H2,1H3,(H,29,34)(H,31,33). The number of imidazole rings is 1. The minimum atomic E-state index is -0.611. The zero-order valence-corrected chi connectivity index (χ0v) is 19.7. The number of aryl methyl sites for hydroxylation is 1. The summed E-state index contributed by atoms with van der Waals surface area (Å²) in [5.41, 5.74) is 2.74. The first-order chi connectivity index (χ1) is 16.7. The second-order valence-corrected chi connectivity index (χ2v) is 9.44. The van der Waals surface area contributed by atoms with Gasteiger partial charge in [0, 0.05) is 30.3 Å². The highest BCUT2D eigenvalue weighted by Gasteiger charge is 2.47. The van der Waals surface area contributed by atoms with Crippen molar-refractivity contribution in [2.45, 2.75) is 37.8 Å². The van der Waals surface area contributed by atoms with Crippen molar-refractivity contribution in [1.29, 1.82) is 0 Å². The predicted molar refractivity (Wildman–Crippen MR) is 126 cm³/mol. The molecule has 0 atom stereocenters. The van der Waals surface area contributed by atoms with E-state index in [0.29, 0.717) is 37.0 Å². The second-order valence-electron chi connectivity index (χ2n) is 9.03. The lowest BCUT2D eigenvalue weighted by Crippen LogP contribution is -2.58. The van der Waals surface area contributed by atoms with E-state index in [1.807, 2.05) is 11.6 Å². The summed E-state index contributed by atoms with van der Waals surface area (Å²) in [5.74, 6) is -0.554. The minimum absolute atomic E-state index is 0.0137. The second kappa shape index (κ2) is 8.96. The van der Waals surface area contributed by atoms with Crippen molar-refractivity contribution in [3.63, 3.8) is 0 Å². The van der Waals surface area contributed by atoms with Gasteiger partial charge in [-0.2, -0.15) is 0 Å². The van der Waals surface area contributed by atoms with E-state index in [0.717, 1.165) is 22.7 Å². The van der Waals surface area contributed by atoms with E-state index in [4.69, 9.17) is 16.3 Å². The molecular formula is C25H23ClF2N4O3. The number of halogens is 3. The third-order valence-electron chi connectivity index (χ3n) is 6.67. The van der Waals surface area contributed by atoms with Gasteiger partial charge in [-0.25, -0.2) is 13.8 Å². The van der Waals surface area contributed by atoms with Gasteiger partial charge in [0.05, 0.1) is 22.6 Å². The number of ether oxygens (including phenoxy) is 1. The lowest BCUT2D eigenvalue weighted by molar-refractivity contribution is -0.125. The van der Waals surface area contributed by atoms with Crippen molar-refractivity contribution in [3.8, 4) is 5.75 Å². The normalized spacial score (nSPS) is 16.1. The number of benzene rings is 2. The van der Waals surface area contributed by atoms with E-state index in [1.54, 1.807) is 6.07 Å². The zero-order chi connectivity index (χ0) is 24.7. The summed E-state index contributed by atoms with van der Waals surface area (Å²) in [7, 11) is 1.83. The van der Waals surface area contributed by atoms with Crippen LogP contribution in [0.5, 0.6) is 5.75 Å². The fraction of sp³-hybridized carbons (Fsp3) is 0.320. The Morgan fingerprint density at radius 3 is 2.71 bits per heavy atom. The summed E-state index contributed by atoms with van der Waals surface area (Å²) in [6, 6.07) is 8.42. The van der Waals surface area contributed by atoms with Gasteiger partial charge in [0.1, 0.15) is 23.2 Å². The van der Waals surface area contributed by atoms with Crippen molar-refractivity contribution in [3.05, 3.63) is 70.0 Å². The van der Waals surface area contributed by atoms with Crippen LogP contribution >= 0.6 is 11.6 Å². The Labute approximate surface area is 205 Å². The molecule has 2 bridgehead atoms. The quantitative estimate of drug-likeness (QED) is 0.514. The topological polar surface area (TPSA) is 85.2 Å². The van der Waals surface area contributed by atoms with E-state index in [2.05, 4.69) is 15.6 Å². The number of carbonyl (C=O) groups excluding carboxylic acids is 2. The average Bonchev–Trinajstić information content (AvgIpc) is 3.12. The summed E-state index contributed by atoms with van der Waals surface area (Å²) in [6.07, 6.45) is 2.43. The number of amides is 2. The Morgan fingerprint density at radius 2 is 2.00 bits per heavy atom. The van der Waals surface area contributed by atoms with E-state index in [9.17, 15) is 18.4 Å². The summed E-state index contributed by atoms with van der Waals surface area (Å²) in [4.78, 5) is 29.6. The van der Waals surface area contributed by atoms with Gasteiger partial charge in [-0.3, -0.25) is 9.59 Å². The Kier molecular flexibility index (Phi) is 5.96. The number of fused-ring (bicyclic) bond motifs is 3. The lowest BCUT2D eigenvalue weighted by atomic mass is 9.62. The maximum Gasteiger partial charge on any atom is 0.258 e. The van der Waals surface area contributed by atoms with Crippen LogP contribution < -0.4 is 15.4 Å². The monoisotopic (exact) mass is 500 g/mol. The highest BCUT2D eigenvalue weighted by atomic mass is 35.5. The van der Waals surface area contributed by atoms with Gasteiger partial charge in [-0.1, -0.05) is 17.2 Å². The first-order valence-corrected chi connectivity index (χ1v) is 11.6. The molecule has 0 unspecified atom stereocenters. The number of rotatable bonds is 7. The van der Waals surface area contributed by atoms with Gasteiger partial charge in [0.2, 0.25) is 5.91 Å². The fourth-order valence-electron chi connectivity index (χ4n) is 4.82. The van der Waals surface area contributed by atoms with Crippen LogP contribution in [0.3, 0.4) is 0 Å². The van der Waals surface area contributed by atoms with Crippen molar-refractivity contribution in [2.75, 3.05) is 6.61 Å². The number of carbonyl (C=O) groups is 2. The van der Waals surface area contributed by atoms with E-state index in [-0.39, 0.29) is 47.1 Å². The summed E-state index contributed by atoms with van der Waals surface area (Å²) in [5, 5.41) is 5.91. The maximum atomic E-state index is 13.5. The Balaban J connectivity index is 1.14. The van der Waals surface area contributed by atoms with Gasteiger partial charge in [0.15, 0.2) is 6.61 Å². The molecular weight excluding hydrogens is 478 g/mol. The Bertz CT molecular complexity index is 1380. The minimum Gasteiger partial charge on any atom is -0.484 e. The molecule has 182 valence electrons. The number of hydrogen-bond acceptors (Lipinski definition) is 4. The number of nitrogens with one attached hydrogen (secondary N) is 2. The third-order valence-corrected chi connectivity index (χ3v) is 6.97. The molecule has 3 aliphatic carbocycles. The SMILES string of the molecule is Cn1c(CNC(=O)C2=C3CC(NC(=O)COc4ccc(Cl)c(F)c4)(CC2)C3)nc2cc(F)ccc21. The molecule has 2 N–H and O–H groups in total. The molecule has 10 heteroatoms. The van der Waals surface area contributed by atoms with Crippen molar-refractivity contribution in [1.82, 2.24) is 20.2 Å². The lowest BCUT2D eigenvalue weighted by Gasteiger charge is -2.49. The van der Waals surface area contributed by atoms with Gasteiger partial charge >= 0.3 is 0 Å². The van der Waals surface area contributed by atoms with Crippen LogP contribution in [0.1, 0.15) is 31.5 Å². The Hall–Kier alpha value is -3.46. The first-order valence-electron chi connectivity index (χ1n) is 11.2. The van der Waals surface area contributed by atoms with Gasteiger partial charge in [0.25, 0.3) is 5.91 Å². The summed E-state index contributed by atoms with van der Waals surface area (Å²) >= 11 is 5.65. The molecule has 0 aliphatic heterocycles. The van der Waals surface area contributed by atoms with Crippen LogP contribution in [0.2, 0.25) is 5.02 Å². The van der Waals surface area contributed by atoms with Gasteiger partial charge in [-0.15, -0.1) is 0 Å². The smallest absolute Gasteiger partial charge is 0.258 e. The van der Waals surface area contributed by atoms with Gasteiger partial charge < -0.3 is 19.9 Å². The van der Waals surface area contributed by atoms with Crippen molar-refractivity contribution < 1.29 is 23.1 Å². The van der Waals surface area contributed by atoms with Crippen LogP contribution in [-0.4, -0.2) is 33.5 Å². The molecule has 2 amide bonds. The average molecular weight is 501 g/mol. The molecule has 7 nitrogen and oxygen atoms in total. The largest absolute Gasteiger partial charge is 0.484 e. The molecule has 1 saturated carbocycles. The molecule has 1 aromatic heterocycles. The molecule has 2 aromatic carbocycles. The van der Waals surface area contributed by atoms with E-state index in [1.165, 1.54) is 24.3 Å². The highest BCUT2D eigenvalue weighted by Crippen LogP contribution is 2.48. The van der Waals surface area contributed by atoms with Crippen molar-refractivity contribution in [2.24, 2.45) is 7.05 Å². The van der Waals surface area contributed by atoms with Crippen molar-refractivity contribution >= 4 is 34.4 Å². The Morgan fingerprint density at radius 1 is 1.20 bits per heavy atom. The molecule has 3 aromatic rings. The first kappa shape index (κ1) is 23.3. The van der Waals surface area contributed by atoms with E-state index < -0.39 is 5.82 Å². The number of aromatic nitrogens is 2.